The monoisotopic (exact) mass is 269 g/mol. The predicted molar refractivity (Wildman–Crippen MR) is 69.3 cm³/mol. The van der Waals surface area contributed by atoms with E-state index in [4.69, 9.17) is 10.9 Å². The van der Waals surface area contributed by atoms with Crippen LogP contribution in [-0.4, -0.2) is 31.8 Å². The highest BCUT2D eigenvalue weighted by Crippen LogP contribution is 2.32. The van der Waals surface area contributed by atoms with Crippen LogP contribution in [0.15, 0.2) is 29.4 Å². The quantitative estimate of drug-likeness (QED) is 0.364. The van der Waals surface area contributed by atoms with E-state index in [9.17, 15) is 8.42 Å². The van der Waals surface area contributed by atoms with Gasteiger partial charge in [0.1, 0.15) is 0 Å². The first-order chi connectivity index (χ1) is 8.46. The van der Waals surface area contributed by atoms with Crippen molar-refractivity contribution in [2.45, 2.75) is 18.1 Å². The van der Waals surface area contributed by atoms with Crippen LogP contribution in [0.25, 0.3) is 0 Å². The minimum Gasteiger partial charge on any atom is -0.409 e. The largest absolute Gasteiger partial charge is 0.409 e. The number of oxime groups is 1. The minimum atomic E-state index is -3.28. The molecule has 0 bridgehead atoms. The fourth-order valence-electron chi connectivity index (χ4n) is 1.66. The zero-order valence-electron chi connectivity index (χ0n) is 9.94. The fraction of sp³-hybridized carbons (Fsp3) is 0.364. The van der Waals surface area contributed by atoms with Gasteiger partial charge in [0.25, 0.3) is 0 Å². The molecule has 1 fully saturated rings. The summed E-state index contributed by atoms with van der Waals surface area (Å²) in [7, 11) is -1.76. The highest BCUT2D eigenvalue weighted by Gasteiger charge is 2.38. The van der Waals surface area contributed by atoms with Crippen LogP contribution in [0.1, 0.15) is 18.4 Å². The van der Waals surface area contributed by atoms with Gasteiger partial charge < -0.3 is 10.9 Å². The first kappa shape index (κ1) is 12.7. The van der Waals surface area contributed by atoms with Gasteiger partial charge in [-0.3, -0.25) is 4.31 Å². The Kier molecular flexibility index (Phi) is 3.16. The molecule has 0 radical (unpaired) electrons. The second-order valence-electron chi connectivity index (χ2n) is 4.25. The van der Waals surface area contributed by atoms with Crippen LogP contribution in [-0.2, 0) is 10.0 Å². The third kappa shape index (κ3) is 2.26. The van der Waals surface area contributed by atoms with Crippen molar-refractivity contribution in [1.29, 1.82) is 0 Å². The van der Waals surface area contributed by atoms with Crippen LogP contribution in [0, 0.1) is 0 Å². The Morgan fingerprint density at radius 2 is 2.17 bits per heavy atom. The second kappa shape index (κ2) is 4.49. The maximum absolute atomic E-state index is 12.1. The number of hydrogen-bond donors (Lipinski definition) is 2. The number of rotatable bonds is 4. The molecule has 1 aromatic rings. The van der Waals surface area contributed by atoms with Crippen LogP contribution < -0.4 is 10.0 Å². The molecule has 0 amide bonds. The molecule has 98 valence electrons. The van der Waals surface area contributed by atoms with Crippen LogP contribution in [0.4, 0.5) is 5.69 Å². The molecule has 1 aliphatic carbocycles. The van der Waals surface area contributed by atoms with Crippen LogP contribution in [0.2, 0.25) is 0 Å². The van der Waals surface area contributed by atoms with E-state index in [0.29, 0.717) is 24.1 Å². The van der Waals surface area contributed by atoms with Gasteiger partial charge in [-0.25, -0.2) is 8.42 Å². The number of benzene rings is 1. The second-order valence-corrected chi connectivity index (χ2v) is 6.49. The van der Waals surface area contributed by atoms with Crippen molar-refractivity contribution in [3.8, 4) is 0 Å². The molecule has 18 heavy (non-hydrogen) atoms. The van der Waals surface area contributed by atoms with E-state index < -0.39 is 10.0 Å². The van der Waals surface area contributed by atoms with Crippen molar-refractivity contribution in [2.24, 2.45) is 10.9 Å². The molecule has 0 atom stereocenters. The van der Waals surface area contributed by atoms with Gasteiger partial charge >= 0.3 is 0 Å². The lowest BCUT2D eigenvalue weighted by Gasteiger charge is -2.19. The summed E-state index contributed by atoms with van der Waals surface area (Å²) in [5, 5.41) is 11.2. The lowest BCUT2D eigenvalue weighted by Crippen LogP contribution is -2.30. The summed E-state index contributed by atoms with van der Waals surface area (Å²) in [5.74, 6) is -0.0472. The Morgan fingerprint density at radius 3 is 2.72 bits per heavy atom. The predicted octanol–water partition coefficient (Wildman–Crippen LogP) is 0.710. The minimum absolute atomic E-state index is 0.0472. The van der Waals surface area contributed by atoms with E-state index in [1.807, 2.05) is 0 Å². The average molecular weight is 269 g/mol. The third-order valence-electron chi connectivity index (χ3n) is 2.94. The third-order valence-corrected chi connectivity index (χ3v) is 5.23. The molecule has 0 saturated heterocycles. The summed E-state index contributed by atoms with van der Waals surface area (Å²) in [6.45, 7) is 0. The van der Waals surface area contributed by atoms with Gasteiger partial charge in [-0.2, -0.15) is 0 Å². The Hall–Kier alpha value is -1.76. The van der Waals surface area contributed by atoms with Gasteiger partial charge in [0.15, 0.2) is 5.84 Å². The molecular formula is C11H15N3O3S. The maximum atomic E-state index is 12.1. The van der Waals surface area contributed by atoms with Crippen molar-refractivity contribution in [2.75, 3.05) is 11.4 Å². The zero-order valence-corrected chi connectivity index (χ0v) is 10.8. The average Bonchev–Trinajstić information content (AvgIpc) is 3.21. The molecule has 0 unspecified atom stereocenters. The molecule has 2 rings (SSSR count). The van der Waals surface area contributed by atoms with E-state index in [-0.39, 0.29) is 11.1 Å². The van der Waals surface area contributed by atoms with Crippen molar-refractivity contribution in [3.05, 3.63) is 29.8 Å². The normalized spacial score (nSPS) is 16.6. The van der Waals surface area contributed by atoms with Crippen molar-refractivity contribution >= 4 is 21.5 Å². The SMILES string of the molecule is CN(c1cccc(C(N)=NO)c1)S(=O)(=O)C1CC1. The molecular weight excluding hydrogens is 254 g/mol. The Morgan fingerprint density at radius 1 is 1.50 bits per heavy atom. The number of amidine groups is 1. The molecule has 0 aliphatic heterocycles. The van der Waals surface area contributed by atoms with Crippen LogP contribution in [0.3, 0.4) is 0 Å². The zero-order chi connectivity index (χ0) is 13.3. The molecule has 0 heterocycles. The number of nitrogens with two attached hydrogens (primary N) is 1. The number of sulfonamides is 1. The van der Waals surface area contributed by atoms with E-state index in [1.165, 1.54) is 11.4 Å². The summed E-state index contributed by atoms with van der Waals surface area (Å²) < 4.78 is 25.4. The summed E-state index contributed by atoms with van der Waals surface area (Å²) in [4.78, 5) is 0. The number of nitrogens with zero attached hydrogens (tertiary/aromatic N) is 2. The van der Waals surface area contributed by atoms with Gasteiger partial charge in [0.05, 0.1) is 10.9 Å². The smallest absolute Gasteiger partial charge is 0.237 e. The van der Waals surface area contributed by atoms with Crippen molar-refractivity contribution in [1.82, 2.24) is 0 Å². The topological polar surface area (TPSA) is 96.0 Å². The summed E-state index contributed by atoms with van der Waals surface area (Å²) in [5.41, 5.74) is 6.46. The van der Waals surface area contributed by atoms with Crippen LogP contribution >= 0.6 is 0 Å². The Labute approximate surface area is 106 Å². The van der Waals surface area contributed by atoms with Gasteiger partial charge in [-0.05, 0) is 25.0 Å². The lowest BCUT2D eigenvalue weighted by atomic mass is 10.2. The summed E-state index contributed by atoms with van der Waals surface area (Å²) in [6.07, 6.45) is 1.43. The molecule has 7 heteroatoms. The fourth-order valence-corrected chi connectivity index (χ4v) is 3.24. The molecule has 1 aromatic carbocycles. The van der Waals surface area contributed by atoms with Crippen molar-refractivity contribution in [3.63, 3.8) is 0 Å². The van der Waals surface area contributed by atoms with E-state index in [2.05, 4.69) is 5.16 Å². The Bertz CT molecular complexity index is 579. The van der Waals surface area contributed by atoms with E-state index in [1.54, 1.807) is 24.3 Å². The molecule has 1 aliphatic rings. The van der Waals surface area contributed by atoms with Crippen molar-refractivity contribution < 1.29 is 13.6 Å². The first-order valence-corrected chi connectivity index (χ1v) is 7.03. The highest BCUT2D eigenvalue weighted by molar-refractivity contribution is 7.93. The highest BCUT2D eigenvalue weighted by atomic mass is 32.2. The molecule has 1 saturated carbocycles. The number of anilines is 1. The standard InChI is InChI=1S/C11H15N3O3S/c1-14(18(16,17)10-5-6-10)9-4-2-3-8(7-9)11(12)13-15/h2-4,7,10,15H,5-6H2,1H3,(H2,12,13). The Balaban J connectivity index is 2.34. The van der Waals surface area contributed by atoms with Gasteiger partial charge in [-0.1, -0.05) is 17.3 Å². The summed E-state index contributed by atoms with van der Waals surface area (Å²) in [6, 6.07) is 6.57. The molecule has 3 N–H and O–H groups in total. The van der Waals surface area contributed by atoms with Crippen LogP contribution in [0.5, 0.6) is 0 Å². The van der Waals surface area contributed by atoms with Gasteiger partial charge in [0.2, 0.25) is 10.0 Å². The maximum Gasteiger partial charge on any atom is 0.237 e. The number of hydrogen-bond acceptors (Lipinski definition) is 4. The van der Waals surface area contributed by atoms with E-state index >= 15 is 0 Å². The van der Waals surface area contributed by atoms with E-state index in [0.717, 1.165) is 0 Å². The van der Waals surface area contributed by atoms with Gasteiger partial charge in [-0.15, -0.1) is 0 Å². The first-order valence-electron chi connectivity index (χ1n) is 5.52. The molecule has 0 spiro atoms. The lowest BCUT2D eigenvalue weighted by molar-refractivity contribution is 0.318. The molecule has 0 aromatic heterocycles. The molecule has 6 nitrogen and oxygen atoms in total. The summed E-state index contributed by atoms with van der Waals surface area (Å²) >= 11 is 0. The van der Waals surface area contributed by atoms with Gasteiger partial charge in [0, 0.05) is 12.6 Å².